The lowest BCUT2D eigenvalue weighted by Crippen LogP contribution is -2.16. The highest BCUT2D eigenvalue weighted by Gasteiger charge is 2.18. The topological polar surface area (TPSA) is 79.1 Å². The third-order valence-electron chi connectivity index (χ3n) is 2.96. The summed E-state index contributed by atoms with van der Waals surface area (Å²) in [6, 6.07) is 0. The van der Waals surface area contributed by atoms with Crippen molar-refractivity contribution in [3.05, 3.63) is 30.0 Å². The van der Waals surface area contributed by atoms with Gasteiger partial charge in [0.15, 0.2) is 6.61 Å². The summed E-state index contributed by atoms with van der Waals surface area (Å²) in [5, 5.41) is 0. The first-order chi connectivity index (χ1) is 10.0. The van der Waals surface area contributed by atoms with Gasteiger partial charge in [0.1, 0.15) is 6.33 Å². The lowest BCUT2D eigenvalue weighted by Gasteiger charge is -2.16. The molecule has 0 aliphatic carbocycles. The molecule has 0 atom stereocenters. The quantitative estimate of drug-likeness (QED) is 0.779. The van der Waals surface area contributed by atoms with Crippen molar-refractivity contribution in [3.63, 3.8) is 0 Å². The highest BCUT2D eigenvalue weighted by Crippen LogP contribution is 2.27. The van der Waals surface area contributed by atoms with Crippen LogP contribution in [0.3, 0.4) is 0 Å². The number of methoxy groups -OCH3 is 1. The van der Waals surface area contributed by atoms with Crippen molar-refractivity contribution in [1.29, 1.82) is 0 Å². The minimum absolute atomic E-state index is 0.175. The van der Waals surface area contributed by atoms with E-state index in [2.05, 4.69) is 19.7 Å². The van der Waals surface area contributed by atoms with Gasteiger partial charge in [-0.25, -0.2) is 14.8 Å². The molecule has 2 aromatic rings. The molecule has 0 saturated carbocycles. The molecule has 0 spiro atoms. The molecule has 0 radical (unpaired) electrons. The van der Waals surface area contributed by atoms with Crippen molar-refractivity contribution in [3.8, 4) is 11.8 Å². The SMILES string of the molecule is COC(=O)COc1nc(-n2ccnc2)nc(C)c1C(C)C. The van der Waals surface area contributed by atoms with Crippen LogP contribution in [0, 0.1) is 6.92 Å². The van der Waals surface area contributed by atoms with Crippen LogP contribution in [0.2, 0.25) is 0 Å². The minimum Gasteiger partial charge on any atom is -0.466 e. The van der Waals surface area contributed by atoms with Gasteiger partial charge in [-0.1, -0.05) is 13.8 Å². The number of aromatic nitrogens is 4. The molecular formula is C14H18N4O3. The summed E-state index contributed by atoms with van der Waals surface area (Å²) in [6.45, 7) is 5.75. The normalized spacial score (nSPS) is 10.7. The van der Waals surface area contributed by atoms with Gasteiger partial charge in [0.05, 0.1) is 12.8 Å². The van der Waals surface area contributed by atoms with E-state index in [-0.39, 0.29) is 12.5 Å². The number of rotatable bonds is 5. The van der Waals surface area contributed by atoms with Crippen LogP contribution in [0.5, 0.6) is 5.88 Å². The van der Waals surface area contributed by atoms with E-state index in [1.165, 1.54) is 7.11 Å². The van der Waals surface area contributed by atoms with Crippen LogP contribution in [0.4, 0.5) is 0 Å². The maximum absolute atomic E-state index is 11.3. The van der Waals surface area contributed by atoms with Crippen LogP contribution < -0.4 is 4.74 Å². The van der Waals surface area contributed by atoms with Crippen LogP contribution >= 0.6 is 0 Å². The smallest absolute Gasteiger partial charge is 0.343 e. The first-order valence-corrected chi connectivity index (χ1v) is 6.59. The molecule has 0 unspecified atom stereocenters. The fraction of sp³-hybridized carbons (Fsp3) is 0.429. The first-order valence-electron chi connectivity index (χ1n) is 6.59. The highest BCUT2D eigenvalue weighted by atomic mass is 16.6. The molecule has 7 heteroatoms. The van der Waals surface area contributed by atoms with Crippen molar-refractivity contribution in [2.75, 3.05) is 13.7 Å². The molecule has 0 amide bonds. The summed E-state index contributed by atoms with van der Waals surface area (Å²) >= 11 is 0. The number of hydrogen-bond donors (Lipinski definition) is 0. The Morgan fingerprint density at radius 2 is 2.14 bits per heavy atom. The van der Waals surface area contributed by atoms with Gasteiger partial charge >= 0.3 is 5.97 Å². The van der Waals surface area contributed by atoms with Crippen molar-refractivity contribution >= 4 is 5.97 Å². The molecule has 2 heterocycles. The van der Waals surface area contributed by atoms with Crippen LogP contribution in [-0.4, -0.2) is 39.2 Å². The van der Waals surface area contributed by atoms with Gasteiger partial charge in [0.2, 0.25) is 11.8 Å². The van der Waals surface area contributed by atoms with Gasteiger partial charge in [-0.3, -0.25) is 4.57 Å². The predicted molar refractivity (Wildman–Crippen MR) is 75.5 cm³/mol. The molecule has 0 fully saturated rings. The Balaban J connectivity index is 2.40. The number of carbonyl (C=O) groups excluding carboxylic acids is 1. The Morgan fingerprint density at radius 3 is 2.71 bits per heavy atom. The van der Waals surface area contributed by atoms with Gasteiger partial charge in [-0.15, -0.1) is 0 Å². The number of imidazole rings is 1. The van der Waals surface area contributed by atoms with E-state index >= 15 is 0 Å². The summed E-state index contributed by atoms with van der Waals surface area (Å²) in [4.78, 5) is 24.1. The molecule has 0 aromatic carbocycles. The Labute approximate surface area is 123 Å². The molecule has 7 nitrogen and oxygen atoms in total. The molecule has 21 heavy (non-hydrogen) atoms. The van der Waals surface area contributed by atoms with Crippen LogP contribution in [0.15, 0.2) is 18.7 Å². The third-order valence-corrected chi connectivity index (χ3v) is 2.96. The van der Waals surface area contributed by atoms with E-state index in [0.29, 0.717) is 11.8 Å². The molecule has 0 bridgehead atoms. The van der Waals surface area contributed by atoms with Crippen molar-refractivity contribution in [2.45, 2.75) is 26.7 Å². The van der Waals surface area contributed by atoms with Crippen molar-refractivity contribution < 1.29 is 14.3 Å². The fourth-order valence-corrected chi connectivity index (χ4v) is 1.99. The monoisotopic (exact) mass is 290 g/mol. The molecule has 0 aliphatic rings. The number of esters is 1. The molecular weight excluding hydrogens is 272 g/mol. The minimum atomic E-state index is -0.454. The van der Waals surface area contributed by atoms with E-state index < -0.39 is 5.97 Å². The Kier molecular flexibility index (Phi) is 4.52. The number of nitrogens with zero attached hydrogens (tertiary/aromatic N) is 4. The van der Waals surface area contributed by atoms with Gasteiger partial charge in [0.25, 0.3) is 0 Å². The highest BCUT2D eigenvalue weighted by molar-refractivity contribution is 5.70. The van der Waals surface area contributed by atoms with E-state index in [4.69, 9.17) is 4.74 Å². The van der Waals surface area contributed by atoms with Crippen molar-refractivity contribution in [2.24, 2.45) is 0 Å². The average molecular weight is 290 g/mol. The predicted octanol–water partition coefficient (Wildman–Crippen LogP) is 1.65. The number of ether oxygens (including phenoxy) is 2. The Hall–Kier alpha value is -2.44. The number of aryl methyl sites for hydroxylation is 1. The molecule has 0 N–H and O–H groups in total. The standard InChI is InChI=1S/C14H18N4O3/c1-9(2)12-10(3)16-14(18-6-5-15-8-18)17-13(12)21-7-11(19)20-4/h5-6,8-9H,7H2,1-4H3. The number of carbonyl (C=O) groups is 1. The van der Waals surface area contributed by atoms with E-state index in [0.717, 1.165) is 11.3 Å². The average Bonchev–Trinajstić information content (AvgIpc) is 2.97. The van der Waals surface area contributed by atoms with E-state index in [1.807, 2.05) is 20.8 Å². The second kappa shape index (κ2) is 6.34. The molecule has 0 saturated heterocycles. The Morgan fingerprint density at radius 1 is 1.38 bits per heavy atom. The molecule has 2 rings (SSSR count). The second-order valence-electron chi connectivity index (χ2n) is 4.82. The zero-order valence-electron chi connectivity index (χ0n) is 12.5. The fourth-order valence-electron chi connectivity index (χ4n) is 1.99. The van der Waals surface area contributed by atoms with E-state index in [9.17, 15) is 4.79 Å². The third kappa shape index (κ3) is 3.36. The van der Waals surface area contributed by atoms with Crippen molar-refractivity contribution in [1.82, 2.24) is 19.5 Å². The molecule has 2 aromatic heterocycles. The maximum atomic E-state index is 11.3. The van der Waals surface area contributed by atoms with Crippen LogP contribution in [0.1, 0.15) is 31.0 Å². The van der Waals surface area contributed by atoms with Crippen LogP contribution in [-0.2, 0) is 9.53 Å². The first kappa shape index (κ1) is 15.0. The summed E-state index contributed by atoms with van der Waals surface area (Å²) in [7, 11) is 1.32. The Bertz CT molecular complexity index is 623. The summed E-state index contributed by atoms with van der Waals surface area (Å²) in [5.41, 5.74) is 1.69. The summed E-state index contributed by atoms with van der Waals surface area (Å²) in [6.07, 6.45) is 4.99. The zero-order chi connectivity index (χ0) is 15.4. The van der Waals surface area contributed by atoms with Gasteiger partial charge in [-0.2, -0.15) is 4.98 Å². The summed E-state index contributed by atoms with van der Waals surface area (Å²) in [5.74, 6) is 0.570. The second-order valence-corrected chi connectivity index (χ2v) is 4.82. The number of hydrogen-bond acceptors (Lipinski definition) is 6. The summed E-state index contributed by atoms with van der Waals surface area (Å²) < 4.78 is 11.8. The lowest BCUT2D eigenvalue weighted by molar-refractivity contribution is -0.143. The molecule has 112 valence electrons. The van der Waals surface area contributed by atoms with E-state index in [1.54, 1.807) is 23.3 Å². The maximum Gasteiger partial charge on any atom is 0.343 e. The lowest BCUT2D eigenvalue weighted by atomic mass is 10.0. The van der Waals surface area contributed by atoms with Gasteiger partial charge in [0, 0.05) is 18.0 Å². The van der Waals surface area contributed by atoms with Gasteiger partial charge < -0.3 is 9.47 Å². The van der Waals surface area contributed by atoms with Crippen LogP contribution in [0.25, 0.3) is 5.95 Å². The largest absolute Gasteiger partial charge is 0.466 e. The zero-order valence-corrected chi connectivity index (χ0v) is 12.5. The van der Waals surface area contributed by atoms with Gasteiger partial charge in [-0.05, 0) is 12.8 Å². The molecule has 0 aliphatic heterocycles.